The van der Waals surface area contributed by atoms with Gasteiger partial charge in [-0.15, -0.1) is 0 Å². The molecule has 4 heteroatoms. The minimum atomic E-state index is -0.471. The minimum absolute atomic E-state index is 0.161. The molecule has 1 atom stereocenters. The predicted molar refractivity (Wildman–Crippen MR) is 69.9 cm³/mol. The van der Waals surface area contributed by atoms with Crippen molar-refractivity contribution in [2.45, 2.75) is 26.5 Å². The van der Waals surface area contributed by atoms with Crippen LogP contribution in [0.4, 0.5) is 4.79 Å². The first kappa shape index (κ1) is 14.0. The molecule has 0 radical (unpaired) electrons. The summed E-state index contributed by atoms with van der Waals surface area (Å²) in [6.07, 6.45) is -0.471. The van der Waals surface area contributed by atoms with Gasteiger partial charge in [0.25, 0.3) is 0 Å². The van der Waals surface area contributed by atoms with Crippen LogP contribution in [0.25, 0.3) is 4.85 Å². The van der Waals surface area contributed by atoms with E-state index in [4.69, 9.17) is 11.3 Å². The molecular weight excluding hydrogens is 228 g/mol. The van der Waals surface area contributed by atoms with Crippen molar-refractivity contribution in [2.24, 2.45) is 5.92 Å². The van der Waals surface area contributed by atoms with E-state index in [-0.39, 0.29) is 25.1 Å². The summed E-state index contributed by atoms with van der Waals surface area (Å²) in [6, 6.07) is 9.33. The van der Waals surface area contributed by atoms with Crippen LogP contribution in [0.1, 0.15) is 19.4 Å². The number of benzene rings is 1. The molecule has 0 aliphatic heterocycles. The van der Waals surface area contributed by atoms with Crippen LogP contribution in [0, 0.1) is 12.5 Å². The third-order valence-electron chi connectivity index (χ3n) is 2.61. The van der Waals surface area contributed by atoms with Crippen LogP contribution < -0.4 is 5.32 Å². The van der Waals surface area contributed by atoms with Crippen LogP contribution in [0.2, 0.25) is 0 Å². The van der Waals surface area contributed by atoms with Crippen LogP contribution in [0.3, 0.4) is 0 Å². The number of amides is 1. The number of alkyl carbamates (subject to hydrolysis) is 1. The van der Waals surface area contributed by atoms with Crippen molar-refractivity contribution in [1.29, 1.82) is 0 Å². The topological polar surface area (TPSA) is 42.7 Å². The highest BCUT2D eigenvalue weighted by Crippen LogP contribution is 2.04. The molecule has 0 saturated heterocycles. The fourth-order valence-corrected chi connectivity index (χ4v) is 1.44. The number of carbonyl (C=O) groups excluding carboxylic acids is 1. The first-order valence-corrected chi connectivity index (χ1v) is 5.94. The Morgan fingerprint density at radius 3 is 2.61 bits per heavy atom. The summed E-state index contributed by atoms with van der Waals surface area (Å²) < 4.78 is 5.10. The molecule has 0 heterocycles. The lowest BCUT2D eigenvalue weighted by Gasteiger charge is -2.16. The zero-order valence-electron chi connectivity index (χ0n) is 10.7. The van der Waals surface area contributed by atoms with Gasteiger partial charge >= 0.3 is 6.09 Å². The maximum absolute atomic E-state index is 11.6. The summed E-state index contributed by atoms with van der Waals surface area (Å²) in [6.45, 7) is 11.3. The van der Waals surface area contributed by atoms with E-state index >= 15 is 0 Å². The maximum atomic E-state index is 11.6. The Bertz CT molecular complexity index is 410. The molecule has 1 N–H and O–H groups in total. The summed E-state index contributed by atoms with van der Waals surface area (Å²) >= 11 is 0. The van der Waals surface area contributed by atoms with E-state index in [0.29, 0.717) is 0 Å². The highest BCUT2D eigenvalue weighted by atomic mass is 16.5. The zero-order chi connectivity index (χ0) is 13.4. The van der Waals surface area contributed by atoms with Crippen molar-refractivity contribution in [3.8, 4) is 0 Å². The average molecular weight is 246 g/mol. The second-order valence-corrected chi connectivity index (χ2v) is 4.40. The molecule has 18 heavy (non-hydrogen) atoms. The lowest BCUT2D eigenvalue weighted by Crippen LogP contribution is -2.40. The van der Waals surface area contributed by atoms with Gasteiger partial charge < -0.3 is 14.9 Å². The number of carbonyl (C=O) groups is 1. The highest BCUT2D eigenvalue weighted by Gasteiger charge is 2.19. The Hall–Kier alpha value is -2.02. The molecule has 1 unspecified atom stereocenters. The molecule has 1 aromatic carbocycles. The lowest BCUT2D eigenvalue weighted by molar-refractivity contribution is 0.133. The van der Waals surface area contributed by atoms with Crippen LogP contribution in [-0.4, -0.2) is 18.7 Å². The van der Waals surface area contributed by atoms with Gasteiger partial charge in [-0.2, -0.15) is 0 Å². The van der Waals surface area contributed by atoms with Gasteiger partial charge in [0, 0.05) is 0 Å². The molecule has 0 aliphatic carbocycles. The van der Waals surface area contributed by atoms with E-state index in [2.05, 4.69) is 10.2 Å². The van der Waals surface area contributed by atoms with Gasteiger partial charge in [-0.1, -0.05) is 44.2 Å². The highest BCUT2D eigenvalue weighted by molar-refractivity contribution is 5.67. The molecule has 0 bridgehead atoms. The number of nitrogens with one attached hydrogen (secondary N) is 1. The summed E-state index contributed by atoms with van der Waals surface area (Å²) in [4.78, 5) is 14.9. The summed E-state index contributed by atoms with van der Waals surface area (Å²) in [7, 11) is 0. The van der Waals surface area contributed by atoms with Gasteiger partial charge in [-0.3, -0.25) is 0 Å². The Kier molecular flexibility index (Phi) is 5.72. The number of ether oxygens (including phenoxy) is 1. The maximum Gasteiger partial charge on any atom is 0.407 e. The molecule has 0 spiro atoms. The SMILES string of the molecule is [C-]#[N+]CC(NC(=O)OCc1ccccc1)C(C)C. The van der Waals surface area contributed by atoms with E-state index in [9.17, 15) is 4.79 Å². The van der Waals surface area contributed by atoms with Crippen LogP contribution >= 0.6 is 0 Å². The Labute approximate surface area is 108 Å². The largest absolute Gasteiger partial charge is 0.445 e. The standard InChI is InChI=1S/C14H18N2O2/c1-11(2)13(9-15-3)16-14(17)18-10-12-7-5-4-6-8-12/h4-8,11,13H,9-10H2,1-2H3,(H,16,17). The van der Waals surface area contributed by atoms with Crippen molar-refractivity contribution >= 4 is 6.09 Å². The van der Waals surface area contributed by atoms with Crippen LogP contribution in [0.15, 0.2) is 30.3 Å². The quantitative estimate of drug-likeness (QED) is 0.812. The number of hydrogen-bond donors (Lipinski definition) is 1. The second-order valence-electron chi connectivity index (χ2n) is 4.40. The lowest BCUT2D eigenvalue weighted by atomic mass is 10.1. The Balaban J connectivity index is 2.39. The van der Waals surface area contributed by atoms with Gasteiger partial charge in [0.2, 0.25) is 6.54 Å². The molecule has 0 aliphatic rings. The summed E-state index contributed by atoms with van der Waals surface area (Å²) in [5.41, 5.74) is 0.943. The fraction of sp³-hybridized carbons (Fsp3) is 0.429. The first-order valence-electron chi connectivity index (χ1n) is 5.94. The number of hydrogen-bond acceptors (Lipinski definition) is 2. The molecular formula is C14H18N2O2. The van der Waals surface area contributed by atoms with E-state index in [1.165, 1.54) is 0 Å². The van der Waals surface area contributed by atoms with E-state index in [1.54, 1.807) is 0 Å². The Morgan fingerprint density at radius 2 is 2.06 bits per heavy atom. The smallest absolute Gasteiger partial charge is 0.407 e. The third-order valence-corrected chi connectivity index (χ3v) is 2.61. The van der Waals surface area contributed by atoms with Crippen molar-refractivity contribution in [3.63, 3.8) is 0 Å². The molecule has 1 rings (SSSR count). The monoisotopic (exact) mass is 246 g/mol. The summed E-state index contributed by atoms with van der Waals surface area (Å²) in [5, 5.41) is 2.71. The molecule has 0 fully saturated rings. The van der Waals surface area contributed by atoms with Gasteiger partial charge in [0.05, 0.1) is 0 Å². The van der Waals surface area contributed by atoms with E-state index in [0.717, 1.165) is 5.56 Å². The molecule has 0 aromatic heterocycles. The van der Waals surface area contributed by atoms with E-state index < -0.39 is 6.09 Å². The normalized spacial score (nSPS) is 11.7. The molecule has 1 amide bonds. The first-order chi connectivity index (χ1) is 8.63. The van der Waals surface area contributed by atoms with Crippen molar-refractivity contribution in [2.75, 3.05) is 6.54 Å². The molecule has 4 nitrogen and oxygen atoms in total. The van der Waals surface area contributed by atoms with Crippen LogP contribution in [-0.2, 0) is 11.3 Å². The van der Waals surface area contributed by atoms with Crippen LogP contribution in [0.5, 0.6) is 0 Å². The number of nitrogens with zero attached hydrogens (tertiary/aromatic N) is 1. The molecule has 96 valence electrons. The zero-order valence-corrected chi connectivity index (χ0v) is 10.7. The Morgan fingerprint density at radius 1 is 1.39 bits per heavy atom. The van der Waals surface area contributed by atoms with E-state index in [1.807, 2.05) is 44.2 Å². The van der Waals surface area contributed by atoms with Crippen molar-refractivity contribution in [1.82, 2.24) is 5.32 Å². The van der Waals surface area contributed by atoms with Crippen molar-refractivity contribution < 1.29 is 9.53 Å². The molecule has 0 saturated carbocycles. The fourth-order valence-electron chi connectivity index (χ4n) is 1.44. The van der Waals surface area contributed by atoms with Gasteiger partial charge in [-0.25, -0.2) is 11.4 Å². The summed E-state index contributed by atoms with van der Waals surface area (Å²) in [5.74, 6) is 0.211. The average Bonchev–Trinajstić information content (AvgIpc) is 2.37. The minimum Gasteiger partial charge on any atom is -0.445 e. The van der Waals surface area contributed by atoms with Gasteiger partial charge in [0.1, 0.15) is 12.6 Å². The van der Waals surface area contributed by atoms with Crippen molar-refractivity contribution in [3.05, 3.63) is 47.3 Å². The van der Waals surface area contributed by atoms with Gasteiger partial charge in [0.15, 0.2) is 0 Å². The van der Waals surface area contributed by atoms with Gasteiger partial charge in [-0.05, 0) is 11.5 Å². The third kappa shape index (κ3) is 4.88. The second kappa shape index (κ2) is 7.33. The number of rotatable bonds is 5. The predicted octanol–water partition coefficient (Wildman–Crippen LogP) is 2.86. The molecule has 1 aromatic rings.